The molecule has 8 heteroatoms. The lowest BCUT2D eigenvalue weighted by atomic mass is 10.1. The Labute approximate surface area is 175 Å². The van der Waals surface area contributed by atoms with Crippen LogP contribution < -0.4 is 25.4 Å². The van der Waals surface area contributed by atoms with Gasteiger partial charge in [0.2, 0.25) is 5.91 Å². The molecule has 1 aliphatic rings. The van der Waals surface area contributed by atoms with Crippen molar-refractivity contribution in [2.75, 3.05) is 25.5 Å². The van der Waals surface area contributed by atoms with Crippen LogP contribution in [-0.4, -0.2) is 38.2 Å². The molecule has 1 atom stereocenters. The lowest BCUT2D eigenvalue weighted by molar-refractivity contribution is -0.115. The molecule has 0 spiro atoms. The molecule has 2 aromatic rings. The first-order valence-electron chi connectivity index (χ1n) is 9.93. The van der Waals surface area contributed by atoms with E-state index in [1.807, 2.05) is 26.0 Å². The maximum Gasteiger partial charge on any atom is 0.243 e. The molecule has 160 valence electrons. The number of rotatable bonds is 7. The normalized spacial score (nSPS) is 15.2. The number of anilines is 1. The van der Waals surface area contributed by atoms with Gasteiger partial charge in [-0.15, -0.1) is 0 Å². The summed E-state index contributed by atoms with van der Waals surface area (Å²) < 4.78 is 24.6. The topological polar surface area (TPSA) is 84.0 Å². The van der Waals surface area contributed by atoms with Crippen molar-refractivity contribution < 1.29 is 18.7 Å². The van der Waals surface area contributed by atoms with Crippen LogP contribution in [0.5, 0.6) is 11.5 Å². The largest absolute Gasteiger partial charge is 0.494 e. The van der Waals surface area contributed by atoms with Crippen LogP contribution in [0.3, 0.4) is 0 Å². The molecule has 0 aliphatic carbocycles. The zero-order chi connectivity index (χ0) is 21.5. The number of guanidine groups is 1. The highest BCUT2D eigenvalue weighted by Gasteiger charge is 2.22. The zero-order valence-corrected chi connectivity index (χ0v) is 17.4. The number of nitrogens with one attached hydrogen (secondary N) is 3. The van der Waals surface area contributed by atoms with Crippen molar-refractivity contribution in [1.82, 2.24) is 10.6 Å². The first-order chi connectivity index (χ1) is 14.5. The third-order valence-electron chi connectivity index (χ3n) is 4.59. The van der Waals surface area contributed by atoms with Crippen LogP contribution >= 0.6 is 0 Å². The van der Waals surface area contributed by atoms with E-state index in [4.69, 9.17) is 9.47 Å². The van der Waals surface area contributed by atoms with Crippen molar-refractivity contribution in [2.24, 2.45) is 4.99 Å². The van der Waals surface area contributed by atoms with Gasteiger partial charge in [-0.3, -0.25) is 9.79 Å². The highest BCUT2D eigenvalue weighted by molar-refractivity contribution is 5.94. The Morgan fingerprint density at radius 3 is 2.73 bits per heavy atom. The average Bonchev–Trinajstić information content (AvgIpc) is 3.09. The van der Waals surface area contributed by atoms with Crippen molar-refractivity contribution in [3.05, 3.63) is 53.3 Å². The van der Waals surface area contributed by atoms with Gasteiger partial charge in [-0.2, -0.15) is 0 Å². The van der Waals surface area contributed by atoms with Gasteiger partial charge in [-0.05, 0) is 50.2 Å². The summed E-state index contributed by atoms with van der Waals surface area (Å²) in [7, 11) is 1.63. The zero-order valence-electron chi connectivity index (χ0n) is 17.4. The molecule has 0 saturated heterocycles. The summed E-state index contributed by atoms with van der Waals surface area (Å²) in [5, 5.41) is 8.84. The molecular weight excluding hydrogens is 387 g/mol. The van der Waals surface area contributed by atoms with E-state index < -0.39 is 0 Å². The van der Waals surface area contributed by atoms with E-state index in [1.165, 1.54) is 24.3 Å². The minimum atomic E-state index is -0.353. The van der Waals surface area contributed by atoms with Crippen molar-refractivity contribution in [3.63, 3.8) is 0 Å². The third kappa shape index (κ3) is 5.62. The molecule has 0 aromatic heterocycles. The number of halogens is 1. The molecule has 0 radical (unpaired) electrons. The Bertz CT molecular complexity index is 915. The second-order valence-corrected chi connectivity index (χ2v) is 6.97. The molecule has 1 amide bonds. The number of ether oxygens (including phenoxy) is 2. The van der Waals surface area contributed by atoms with Gasteiger partial charge in [0, 0.05) is 36.8 Å². The Morgan fingerprint density at radius 1 is 1.27 bits per heavy atom. The maximum atomic E-state index is 13.0. The number of amides is 1. The summed E-state index contributed by atoms with van der Waals surface area (Å²) in [6.45, 7) is 5.03. The SMILES string of the molecule is CCOc1cc2c(cc1CNC(=NC)NCC(=O)Nc1ccc(F)cc1)OC(C)C2. The van der Waals surface area contributed by atoms with Crippen LogP contribution in [0.15, 0.2) is 41.4 Å². The molecule has 1 aliphatic heterocycles. The minimum absolute atomic E-state index is 0.0141. The van der Waals surface area contributed by atoms with Crippen LogP contribution in [0.1, 0.15) is 25.0 Å². The number of hydrogen-bond donors (Lipinski definition) is 3. The predicted octanol–water partition coefficient (Wildman–Crippen LogP) is 2.85. The second-order valence-electron chi connectivity index (χ2n) is 6.97. The molecule has 3 rings (SSSR count). The smallest absolute Gasteiger partial charge is 0.243 e. The van der Waals surface area contributed by atoms with Crippen molar-refractivity contribution >= 4 is 17.6 Å². The van der Waals surface area contributed by atoms with Crippen molar-refractivity contribution in [1.29, 1.82) is 0 Å². The number of carbonyl (C=O) groups is 1. The fourth-order valence-electron chi connectivity index (χ4n) is 3.21. The van der Waals surface area contributed by atoms with Gasteiger partial charge in [0.25, 0.3) is 0 Å². The maximum absolute atomic E-state index is 13.0. The number of fused-ring (bicyclic) bond motifs is 1. The molecule has 1 unspecified atom stereocenters. The van der Waals surface area contributed by atoms with E-state index in [9.17, 15) is 9.18 Å². The Hall–Kier alpha value is -3.29. The number of benzene rings is 2. The molecule has 0 saturated carbocycles. The Morgan fingerprint density at radius 2 is 2.03 bits per heavy atom. The van der Waals surface area contributed by atoms with E-state index in [2.05, 4.69) is 20.9 Å². The first kappa shape index (κ1) is 21.4. The Kier molecular flexibility index (Phi) is 7.11. The molecule has 30 heavy (non-hydrogen) atoms. The predicted molar refractivity (Wildman–Crippen MR) is 115 cm³/mol. The first-order valence-corrected chi connectivity index (χ1v) is 9.93. The molecule has 3 N–H and O–H groups in total. The van der Waals surface area contributed by atoms with E-state index in [0.29, 0.717) is 24.8 Å². The van der Waals surface area contributed by atoms with Gasteiger partial charge < -0.3 is 25.4 Å². The van der Waals surface area contributed by atoms with Gasteiger partial charge in [0.1, 0.15) is 23.4 Å². The van der Waals surface area contributed by atoms with Gasteiger partial charge in [0.15, 0.2) is 5.96 Å². The van der Waals surface area contributed by atoms with E-state index in [-0.39, 0.29) is 24.4 Å². The van der Waals surface area contributed by atoms with Crippen molar-refractivity contribution in [2.45, 2.75) is 32.9 Å². The average molecular weight is 414 g/mol. The number of aliphatic imine (C=N–C) groups is 1. The minimum Gasteiger partial charge on any atom is -0.494 e. The van der Waals surface area contributed by atoms with Crippen LogP contribution in [0.4, 0.5) is 10.1 Å². The molecule has 2 aromatic carbocycles. The summed E-state index contributed by atoms with van der Waals surface area (Å²) >= 11 is 0. The van der Waals surface area contributed by atoms with Gasteiger partial charge in [-0.25, -0.2) is 4.39 Å². The number of nitrogens with zero attached hydrogens (tertiary/aromatic N) is 1. The lowest BCUT2D eigenvalue weighted by Gasteiger charge is -2.15. The van der Waals surface area contributed by atoms with Gasteiger partial charge in [-0.1, -0.05) is 0 Å². The van der Waals surface area contributed by atoms with Gasteiger partial charge in [0.05, 0.1) is 13.2 Å². The molecule has 1 heterocycles. The summed E-state index contributed by atoms with van der Waals surface area (Å²) in [6, 6.07) is 9.62. The summed E-state index contributed by atoms with van der Waals surface area (Å²) in [5.74, 6) is 1.55. The van der Waals surface area contributed by atoms with E-state index in [1.54, 1.807) is 7.05 Å². The highest BCUT2D eigenvalue weighted by atomic mass is 19.1. The summed E-state index contributed by atoms with van der Waals surface area (Å²) in [4.78, 5) is 16.2. The van der Waals surface area contributed by atoms with E-state index >= 15 is 0 Å². The quantitative estimate of drug-likeness (QED) is 0.479. The number of hydrogen-bond acceptors (Lipinski definition) is 4. The van der Waals surface area contributed by atoms with Crippen LogP contribution in [-0.2, 0) is 17.8 Å². The van der Waals surface area contributed by atoms with Crippen LogP contribution in [0.25, 0.3) is 0 Å². The second kappa shape index (κ2) is 9.96. The van der Waals surface area contributed by atoms with Crippen LogP contribution in [0, 0.1) is 5.82 Å². The van der Waals surface area contributed by atoms with Crippen molar-refractivity contribution in [3.8, 4) is 11.5 Å². The molecule has 0 fully saturated rings. The molecular formula is C22H27FN4O3. The third-order valence-corrected chi connectivity index (χ3v) is 4.59. The standard InChI is InChI=1S/C22H27FN4O3/c1-4-29-19-10-15-9-14(2)30-20(15)11-16(19)12-25-22(24-3)26-13-21(28)27-18-7-5-17(23)6-8-18/h5-8,10-11,14H,4,9,12-13H2,1-3H3,(H,27,28)(H2,24,25,26). The van der Waals surface area contributed by atoms with Gasteiger partial charge >= 0.3 is 0 Å². The number of carbonyl (C=O) groups excluding carboxylic acids is 1. The molecule has 0 bridgehead atoms. The van der Waals surface area contributed by atoms with E-state index in [0.717, 1.165) is 29.0 Å². The Balaban J connectivity index is 1.55. The fraction of sp³-hybridized carbons (Fsp3) is 0.364. The fourth-order valence-corrected chi connectivity index (χ4v) is 3.21. The summed E-state index contributed by atoms with van der Waals surface area (Å²) in [5.41, 5.74) is 2.62. The molecule has 7 nitrogen and oxygen atoms in total. The monoisotopic (exact) mass is 414 g/mol. The lowest BCUT2D eigenvalue weighted by Crippen LogP contribution is -2.41. The summed E-state index contributed by atoms with van der Waals surface area (Å²) in [6.07, 6.45) is 1.03. The highest BCUT2D eigenvalue weighted by Crippen LogP contribution is 2.35. The van der Waals surface area contributed by atoms with Crippen LogP contribution in [0.2, 0.25) is 0 Å².